The average molecular weight is 345 g/mol. The van der Waals surface area contributed by atoms with E-state index in [9.17, 15) is 0 Å². The zero-order valence-electron chi connectivity index (χ0n) is 13.2. The maximum absolute atomic E-state index is 8.92. The van der Waals surface area contributed by atoms with E-state index in [1.807, 2.05) is 0 Å². The van der Waals surface area contributed by atoms with E-state index in [2.05, 4.69) is 45.3 Å². The lowest BCUT2D eigenvalue weighted by Crippen LogP contribution is -2.23. The van der Waals surface area contributed by atoms with Gasteiger partial charge >= 0.3 is 0 Å². The highest BCUT2D eigenvalue weighted by atomic mass is 32.2. The van der Waals surface area contributed by atoms with E-state index in [4.69, 9.17) is 5.26 Å². The minimum Gasteiger partial charge on any atom is -0.298 e. The predicted molar refractivity (Wildman–Crippen MR) is 93.3 cm³/mol. The van der Waals surface area contributed by atoms with Gasteiger partial charge < -0.3 is 0 Å². The Balaban J connectivity index is 1.69. The first kappa shape index (κ1) is 15.2. The molecule has 0 amide bonds. The van der Waals surface area contributed by atoms with Crippen LogP contribution in [0.4, 0.5) is 0 Å². The van der Waals surface area contributed by atoms with Gasteiger partial charge in [0.25, 0.3) is 0 Å². The number of aromatic nitrogens is 3. The van der Waals surface area contributed by atoms with Crippen molar-refractivity contribution in [3.05, 3.63) is 17.5 Å². The van der Waals surface area contributed by atoms with Crippen LogP contribution < -0.4 is 0 Å². The molecular formula is C17H20N4S2. The van der Waals surface area contributed by atoms with Crippen LogP contribution in [0, 0.1) is 29.1 Å². The normalized spacial score (nSPS) is 27.2. The van der Waals surface area contributed by atoms with Gasteiger partial charge in [-0.3, -0.25) is 4.57 Å². The summed E-state index contributed by atoms with van der Waals surface area (Å²) >= 11 is 3.21. The van der Waals surface area contributed by atoms with Crippen molar-refractivity contribution in [2.75, 3.05) is 5.75 Å². The Hall–Kier alpha value is -1.32. The van der Waals surface area contributed by atoms with Crippen molar-refractivity contribution < 1.29 is 0 Å². The van der Waals surface area contributed by atoms with Gasteiger partial charge in [0.1, 0.15) is 0 Å². The molecule has 6 heteroatoms. The molecule has 2 aliphatic rings. The topological polar surface area (TPSA) is 54.5 Å². The van der Waals surface area contributed by atoms with Gasteiger partial charge in [0.2, 0.25) is 0 Å². The Morgan fingerprint density at radius 1 is 1.43 bits per heavy atom. The third-order valence-corrected chi connectivity index (χ3v) is 7.17. The maximum Gasteiger partial charge on any atom is 0.192 e. The standard InChI is InChI=1S/C17H20N4S2/c1-11(14-10-12-4-5-13(14)9-12)21-16(15-3-2-7-22-15)19-20-17(21)23-8-6-18/h2-3,7,11-14H,4-5,8-10H2,1H3/t11-,12-,13-,14-/m0/s1. The number of hydrogen-bond acceptors (Lipinski definition) is 5. The van der Waals surface area contributed by atoms with Gasteiger partial charge in [-0.15, -0.1) is 21.5 Å². The van der Waals surface area contributed by atoms with Crippen molar-refractivity contribution in [3.63, 3.8) is 0 Å². The smallest absolute Gasteiger partial charge is 0.192 e. The summed E-state index contributed by atoms with van der Waals surface area (Å²) in [6, 6.07) is 6.78. The first-order valence-corrected chi connectivity index (χ1v) is 10.1. The van der Waals surface area contributed by atoms with Gasteiger partial charge in [-0.1, -0.05) is 24.2 Å². The Labute approximate surface area is 144 Å². The fourth-order valence-corrected chi connectivity index (χ4v) is 5.88. The molecule has 0 N–H and O–H groups in total. The highest BCUT2D eigenvalue weighted by Gasteiger charge is 2.43. The molecule has 0 radical (unpaired) electrons. The lowest BCUT2D eigenvalue weighted by molar-refractivity contribution is 0.235. The first-order chi connectivity index (χ1) is 11.3. The minimum absolute atomic E-state index is 0.401. The van der Waals surface area contributed by atoms with Crippen LogP contribution in [0.3, 0.4) is 0 Å². The van der Waals surface area contributed by atoms with Gasteiger partial charge in [-0.2, -0.15) is 5.26 Å². The Kier molecular flexibility index (Phi) is 4.16. The van der Waals surface area contributed by atoms with Crippen molar-refractivity contribution >= 4 is 23.1 Å². The molecule has 2 aliphatic carbocycles. The van der Waals surface area contributed by atoms with Gasteiger partial charge in [0.15, 0.2) is 11.0 Å². The molecule has 0 saturated heterocycles. The maximum atomic E-state index is 8.92. The molecule has 4 atom stereocenters. The Bertz CT molecular complexity index is 716. The lowest BCUT2D eigenvalue weighted by Gasteiger charge is -2.30. The van der Waals surface area contributed by atoms with Crippen LogP contribution in [0.2, 0.25) is 0 Å². The van der Waals surface area contributed by atoms with E-state index >= 15 is 0 Å². The highest BCUT2D eigenvalue weighted by molar-refractivity contribution is 7.99. The third kappa shape index (κ3) is 2.70. The molecule has 0 unspecified atom stereocenters. The van der Waals surface area contributed by atoms with Crippen molar-refractivity contribution in [1.29, 1.82) is 5.26 Å². The summed E-state index contributed by atoms with van der Waals surface area (Å²) in [5.41, 5.74) is 0. The van der Waals surface area contributed by atoms with E-state index in [0.717, 1.165) is 33.6 Å². The van der Waals surface area contributed by atoms with Gasteiger partial charge in [0, 0.05) is 6.04 Å². The SMILES string of the molecule is C[C@@H]([C@@H]1C[C@H]2CC[C@H]1C2)n1c(SCC#N)nnc1-c1cccs1. The monoisotopic (exact) mass is 344 g/mol. The Morgan fingerprint density at radius 2 is 2.35 bits per heavy atom. The van der Waals surface area contributed by atoms with E-state index in [-0.39, 0.29) is 0 Å². The molecule has 0 aromatic carbocycles. The summed E-state index contributed by atoms with van der Waals surface area (Å²) in [5, 5.41) is 20.7. The van der Waals surface area contributed by atoms with Crippen molar-refractivity contribution in [2.24, 2.45) is 17.8 Å². The molecule has 2 fully saturated rings. The van der Waals surface area contributed by atoms with Crippen molar-refractivity contribution in [2.45, 2.75) is 43.8 Å². The second kappa shape index (κ2) is 6.29. The van der Waals surface area contributed by atoms with E-state index < -0.39 is 0 Å². The van der Waals surface area contributed by atoms with Crippen molar-refractivity contribution in [1.82, 2.24) is 14.8 Å². The summed E-state index contributed by atoms with van der Waals surface area (Å²) in [5.74, 6) is 3.92. The summed E-state index contributed by atoms with van der Waals surface area (Å²) in [6.07, 6.45) is 5.56. The van der Waals surface area contributed by atoms with Gasteiger partial charge in [0.05, 0.1) is 16.7 Å². The molecule has 0 aliphatic heterocycles. The second-order valence-corrected chi connectivity index (χ2v) is 8.57. The molecule has 2 heterocycles. The van der Waals surface area contributed by atoms with Crippen molar-refractivity contribution in [3.8, 4) is 16.8 Å². The van der Waals surface area contributed by atoms with Crippen LogP contribution in [0.25, 0.3) is 10.7 Å². The number of thiophene rings is 1. The quantitative estimate of drug-likeness (QED) is 0.743. The first-order valence-electron chi connectivity index (χ1n) is 8.26. The molecule has 0 spiro atoms. The van der Waals surface area contributed by atoms with Gasteiger partial charge in [-0.05, 0) is 55.4 Å². The molecule has 4 rings (SSSR count). The van der Waals surface area contributed by atoms with Crippen LogP contribution in [0.5, 0.6) is 0 Å². The number of fused-ring (bicyclic) bond motifs is 2. The number of hydrogen-bond donors (Lipinski definition) is 0. The number of rotatable bonds is 5. The molecule has 120 valence electrons. The molecule has 4 nitrogen and oxygen atoms in total. The summed E-state index contributed by atoms with van der Waals surface area (Å²) in [7, 11) is 0. The number of nitriles is 1. The van der Waals surface area contributed by atoms with Gasteiger partial charge in [-0.25, -0.2) is 0 Å². The second-order valence-electron chi connectivity index (χ2n) is 6.68. The molecular weight excluding hydrogens is 324 g/mol. The molecule has 2 saturated carbocycles. The fraction of sp³-hybridized carbons (Fsp3) is 0.588. The fourth-order valence-electron chi connectivity index (χ4n) is 4.49. The minimum atomic E-state index is 0.401. The molecule has 2 aromatic rings. The average Bonchev–Trinajstić information content (AvgIpc) is 3.35. The van der Waals surface area contributed by atoms with Crippen LogP contribution in [0.1, 0.15) is 38.6 Å². The highest BCUT2D eigenvalue weighted by Crippen LogP contribution is 2.53. The van der Waals surface area contributed by atoms with E-state index in [1.165, 1.54) is 37.4 Å². The van der Waals surface area contributed by atoms with Crippen LogP contribution >= 0.6 is 23.1 Å². The lowest BCUT2D eigenvalue weighted by atomic mass is 9.84. The van der Waals surface area contributed by atoms with Crippen LogP contribution in [-0.2, 0) is 0 Å². The predicted octanol–water partition coefficient (Wildman–Crippen LogP) is 4.62. The molecule has 2 aromatic heterocycles. The Morgan fingerprint density at radius 3 is 3.00 bits per heavy atom. The molecule has 23 heavy (non-hydrogen) atoms. The zero-order valence-corrected chi connectivity index (χ0v) is 14.8. The number of nitrogens with zero attached hydrogens (tertiary/aromatic N) is 4. The largest absolute Gasteiger partial charge is 0.298 e. The zero-order chi connectivity index (χ0) is 15.8. The van der Waals surface area contributed by atoms with Crippen LogP contribution in [0.15, 0.2) is 22.7 Å². The van der Waals surface area contributed by atoms with Crippen LogP contribution in [-0.4, -0.2) is 20.5 Å². The molecule has 2 bridgehead atoms. The summed E-state index contributed by atoms with van der Waals surface area (Å²) < 4.78 is 2.30. The van der Waals surface area contributed by atoms with E-state index in [1.54, 1.807) is 11.3 Å². The number of thioether (sulfide) groups is 1. The summed E-state index contributed by atoms with van der Waals surface area (Å²) in [4.78, 5) is 1.16. The summed E-state index contributed by atoms with van der Waals surface area (Å²) in [6.45, 7) is 2.32. The van der Waals surface area contributed by atoms with E-state index in [0.29, 0.717) is 11.8 Å². The third-order valence-electron chi connectivity index (χ3n) is 5.49.